The molecule has 0 aliphatic carbocycles. The quantitative estimate of drug-likeness (QED) is 0.897. The van der Waals surface area contributed by atoms with Crippen LogP contribution in [0.5, 0.6) is 0 Å². The standard InChI is InChI=1S/C13H13Cl2NO4/c1-13(3-2-4-20-13)12(19)16-10-8(11(17)18)5-7(14)6-9(10)15/h5-6H,2-4H2,1H3,(H,16,19)(H,17,18). The molecule has 1 aromatic carbocycles. The van der Waals surface area contributed by atoms with Crippen molar-refractivity contribution in [1.29, 1.82) is 0 Å². The Balaban J connectivity index is 2.33. The highest BCUT2D eigenvalue weighted by Gasteiger charge is 2.38. The zero-order valence-corrected chi connectivity index (χ0v) is 12.2. The van der Waals surface area contributed by atoms with E-state index >= 15 is 0 Å². The van der Waals surface area contributed by atoms with Gasteiger partial charge in [0.2, 0.25) is 0 Å². The van der Waals surface area contributed by atoms with Crippen LogP contribution in [0.4, 0.5) is 5.69 Å². The molecule has 1 aliphatic rings. The lowest BCUT2D eigenvalue weighted by Crippen LogP contribution is -2.39. The van der Waals surface area contributed by atoms with Crippen molar-refractivity contribution in [1.82, 2.24) is 0 Å². The fraction of sp³-hybridized carbons (Fsp3) is 0.385. The molecule has 0 spiro atoms. The minimum absolute atomic E-state index is 0.0327. The second-order valence-corrected chi connectivity index (χ2v) is 5.60. The molecule has 0 bridgehead atoms. The SMILES string of the molecule is CC1(C(=O)Nc2c(Cl)cc(Cl)cc2C(=O)O)CCCO1. The zero-order valence-electron chi connectivity index (χ0n) is 10.7. The smallest absolute Gasteiger partial charge is 0.337 e. The Bertz CT molecular complexity index is 568. The molecule has 0 saturated carbocycles. The third-order valence-electron chi connectivity index (χ3n) is 3.22. The van der Waals surface area contributed by atoms with Crippen molar-refractivity contribution in [2.45, 2.75) is 25.4 Å². The Labute approximate surface area is 125 Å². The Morgan fingerprint density at radius 2 is 2.10 bits per heavy atom. The van der Waals surface area contributed by atoms with Gasteiger partial charge in [-0.05, 0) is 31.9 Å². The Kier molecular flexibility index (Phi) is 4.22. The number of anilines is 1. The molecule has 1 atom stereocenters. The van der Waals surface area contributed by atoms with Crippen LogP contribution in [0.25, 0.3) is 0 Å². The molecule has 5 nitrogen and oxygen atoms in total. The number of benzene rings is 1. The summed E-state index contributed by atoms with van der Waals surface area (Å²) in [7, 11) is 0. The normalized spacial score (nSPS) is 21.8. The molecule has 1 amide bonds. The summed E-state index contributed by atoms with van der Waals surface area (Å²) in [5.41, 5.74) is -1.08. The lowest BCUT2D eigenvalue weighted by atomic mass is 10.0. The molecule has 1 unspecified atom stereocenters. The summed E-state index contributed by atoms with van der Waals surface area (Å²) in [5, 5.41) is 12.0. The van der Waals surface area contributed by atoms with Crippen LogP contribution in [-0.2, 0) is 9.53 Å². The Morgan fingerprint density at radius 1 is 1.40 bits per heavy atom. The Hall–Kier alpha value is -1.30. The number of rotatable bonds is 3. The number of carboxylic acids is 1. The number of nitrogens with one attached hydrogen (secondary N) is 1. The van der Waals surface area contributed by atoms with Gasteiger partial charge in [-0.1, -0.05) is 23.2 Å². The molecule has 2 N–H and O–H groups in total. The maximum absolute atomic E-state index is 12.2. The minimum atomic E-state index is -1.22. The van der Waals surface area contributed by atoms with E-state index in [1.165, 1.54) is 12.1 Å². The van der Waals surface area contributed by atoms with Crippen molar-refractivity contribution < 1.29 is 19.4 Å². The van der Waals surface area contributed by atoms with Crippen molar-refractivity contribution in [3.8, 4) is 0 Å². The fourth-order valence-electron chi connectivity index (χ4n) is 2.07. The van der Waals surface area contributed by atoms with Crippen LogP contribution >= 0.6 is 23.2 Å². The van der Waals surface area contributed by atoms with Crippen molar-refractivity contribution in [2.24, 2.45) is 0 Å². The maximum atomic E-state index is 12.2. The molecule has 1 aromatic rings. The van der Waals surface area contributed by atoms with Crippen molar-refractivity contribution in [3.05, 3.63) is 27.7 Å². The van der Waals surface area contributed by atoms with Gasteiger partial charge in [-0.2, -0.15) is 0 Å². The summed E-state index contributed by atoms with van der Waals surface area (Å²) >= 11 is 11.7. The van der Waals surface area contributed by atoms with Gasteiger partial charge in [0.1, 0.15) is 5.60 Å². The van der Waals surface area contributed by atoms with Crippen LogP contribution in [0, 0.1) is 0 Å². The number of halogens is 2. The molecule has 0 radical (unpaired) electrons. The monoisotopic (exact) mass is 317 g/mol. The van der Waals surface area contributed by atoms with Gasteiger partial charge in [0.25, 0.3) is 5.91 Å². The van der Waals surface area contributed by atoms with Gasteiger partial charge in [0, 0.05) is 11.6 Å². The number of carboxylic acid groups (broad SMARTS) is 1. The number of carbonyl (C=O) groups is 2. The summed E-state index contributed by atoms with van der Waals surface area (Å²) in [5.74, 6) is -1.64. The van der Waals surface area contributed by atoms with Gasteiger partial charge in [-0.3, -0.25) is 4.79 Å². The number of carbonyl (C=O) groups excluding carboxylic acids is 1. The van der Waals surface area contributed by atoms with Crippen molar-refractivity contribution in [3.63, 3.8) is 0 Å². The van der Waals surface area contributed by atoms with E-state index in [-0.39, 0.29) is 21.3 Å². The number of amides is 1. The van der Waals surface area contributed by atoms with Crippen molar-refractivity contribution in [2.75, 3.05) is 11.9 Å². The highest BCUT2D eigenvalue weighted by molar-refractivity contribution is 6.37. The molecule has 1 heterocycles. The number of hydrogen-bond donors (Lipinski definition) is 2. The van der Waals surface area contributed by atoms with E-state index in [0.29, 0.717) is 13.0 Å². The summed E-state index contributed by atoms with van der Waals surface area (Å²) in [6, 6.07) is 2.62. The van der Waals surface area contributed by atoms with E-state index in [9.17, 15) is 9.59 Å². The number of hydrogen-bond acceptors (Lipinski definition) is 3. The number of aromatic carboxylic acids is 1. The first-order chi connectivity index (χ1) is 9.33. The van der Waals surface area contributed by atoms with Crippen LogP contribution in [0.15, 0.2) is 12.1 Å². The maximum Gasteiger partial charge on any atom is 0.337 e. The van der Waals surface area contributed by atoms with E-state index in [1.807, 2.05) is 0 Å². The van der Waals surface area contributed by atoms with Gasteiger partial charge >= 0.3 is 5.97 Å². The molecule has 108 valence electrons. The number of ether oxygens (including phenoxy) is 1. The molecule has 1 fully saturated rings. The van der Waals surface area contributed by atoms with Crippen molar-refractivity contribution >= 4 is 40.8 Å². The second kappa shape index (κ2) is 5.60. The first kappa shape index (κ1) is 15.1. The Morgan fingerprint density at radius 3 is 2.65 bits per heavy atom. The molecular weight excluding hydrogens is 305 g/mol. The van der Waals surface area contributed by atoms with E-state index in [4.69, 9.17) is 33.0 Å². The summed E-state index contributed by atoms with van der Waals surface area (Å²) in [4.78, 5) is 23.4. The van der Waals surface area contributed by atoms with E-state index < -0.39 is 17.5 Å². The predicted molar refractivity (Wildman–Crippen MR) is 75.6 cm³/mol. The van der Waals surface area contributed by atoms with Gasteiger partial charge in [-0.25, -0.2) is 4.79 Å². The first-order valence-electron chi connectivity index (χ1n) is 6.01. The predicted octanol–water partition coefficient (Wildman–Crippen LogP) is 3.20. The topological polar surface area (TPSA) is 75.6 Å². The van der Waals surface area contributed by atoms with Gasteiger partial charge in [-0.15, -0.1) is 0 Å². The molecule has 1 saturated heterocycles. The molecule has 1 aliphatic heterocycles. The molecular formula is C13H13Cl2NO4. The summed E-state index contributed by atoms with van der Waals surface area (Å²) in [6.07, 6.45) is 1.36. The molecule has 2 rings (SSSR count). The summed E-state index contributed by atoms with van der Waals surface area (Å²) < 4.78 is 5.41. The molecule has 0 aromatic heterocycles. The third-order valence-corrected chi connectivity index (χ3v) is 3.74. The highest BCUT2D eigenvalue weighted by Crippen LogP contribution is 2.33. The van der Waals surface area contributed by atoms with Crippen LogP contribution in [0.1, 0.15) is 30.1 Å². The van der Waals surface area contributed by atoms with E-state index in [1.54, 1.807) is 6.92 Å². The average molecular weight is 318 g/mol. The third kappa shape index (κ3) is 2.90. The van der Waals surface area contributed by atoms with Crippen LogP contribution in [-0.4, -0.2) is 29.2 Å². The van der Waals surface area contributed by atoms with Gasteiger partial charge in [0.05, 0.1) is 16.3 Å². The lowest BCUT2D eigenvalue weighted by Gasteiger charge is -2.23. The van der Waals surface area contributed by atoms with Gasteiger partial charge in [0.15, 0.2) is 0 Å². The average Bonchev–Trinajstić information content (AvgIpc) is 2.80. The van der Waals surface area contributed by atoms with Crippen LogP contribution in [0.2, 0.25) is 10.0 Å². The van der Waals surface area contributed by atoms with Crippen LogP contribution in [0.3, 0.4) is 0 Å². The van der Waals surface area contributed by atoms with E-state index in [0.717, 1.165) is 6.42 Å². The van der Waals surface area contributed by atoms with E-state index in [2.05, 4.69) is 5.32 Å². The lowest BCUT2D eigenvalue weighted by molar-refractivity contribution is -0.133. The molecule has 7 heteroatoms. The minimum Gasteiger partial charge on any atom is -0.478 e. The largest absolute Gasteiger partial charge is 0.478 e. The zero-order chi connectivity index (χ0) is 14.9. The first-order valence-corrected chi connectivity index (χ1v) is 6.77. The van der Waals surface area contributed by atoms with Gasteiger partial charge < -0.3 is 15.2 Å². The fourth-order valence-corrected chi connectivity index (χ4v) is 2.61. The van der Waals surface area contributed by atoms with Crippen LogP contribution < -0.4 is 5.32 Å². The second-order valence-electron chi connectivity index (χ2n) is 4.75. The summed E-state index contributed by atoms with van der Waals surface area (Å²) in [6.45, 7) is 2.17. The highest BCUT2D eigenvalue weighted by atomic mass is 35.5. The molecule has 20 heavy (non-hydrogen) atoms.